The molecule has 0 saturated carbocycles. The average Bonchev–Trinajstić information content (AvgIpc) is 2.64. The summed E-state index contributed by atoms with van der Waals surface area (Å²) in [6.45, 7) is 0.864. The molecular weight excluding hydrogens is 182 g/mol. The van der Waals surface area contributed by atoms with Crippen LogP contribution in [0.1, 0.15) is 5.56 Å². The van der Waals surface area contributed by atoms with Crippen molar-refractivity contribution in [1.29, 1.82) is 0 Å². The van der Waals surface area contributed by atoms with Gasteiger partial charge in [0.15, 0.2) is 11.5 Å². The molecule has 4 nitrogen and oxygen atoms in total. The second-order valence-corrected chi connectivity index (χ2v) is 3.21. The smallest absolute Gasteiger partial charge is 0.231 e. The van der Waals surface area contributed by atoms with E-state index in [-0.39, 0.29) is 6.79 Å². The van der Waals surface area contributed by atoms with Gasteiger partial charge in [-0.1, -0.05) is 6.07 Å². The van der Waals surface area contributed by atoms with Crippen LogP contribution in [0.15, 0.2) is 18.2 Å². The van der Waals surface area contributed by atoms with Crippen molar-refractivity contribution >= 4 is 6.41 Å². The molecule has 2 rings (SSSR count). The summed E-state index contributed by atoms with van der Waals surface area (Å²) in [5.41, 5.74) is 1.03. The Kier molecular flexibility index (Phi) is 2.26. The molecule has 4 heteroatoms. The molecule has 0 radical (unpaired) electrons. The zero-order valence-electron chi connectivity index (χ0n) is 7.90. The van der Waals surface area contributed by atoms with E-state index in [9.17, 15) is 4.79 Å². The van der Waals surface area contributed by atoms with Crippen LogP contribution in [-0.2, 0) is 11.3 Å². The van der Waals surface area contributed by atoms with E-state index in [4.69, 9.17) is 9.47 Å². The summed E-state index contributed by atoms with van der Waals surface area (Å²) in [6, 6.07) is 5.67. The standard InChI is InChI=1S/C10H11NO3/c1-11(6-12)5-8-2-3-9-10(4-8)14-7-13-9/h2-4,6H,5,7H2,1H3. The second-order valence-electron chi connectivity index (χ2n) is 3.21. The minimum absolute atomic E-state index is 0.280. The normalized spacial score (nSPS) is 12.6. The monoisotopic (exact) mass is 193 g/mol. The maximum absolute atomic E-state index is 10.4. The molecular formula is C10H11NO3. The van der Waals surface area contributed by atoms with Crippen molar-refractivity contribution in [3.63, 3.8) is 0 Å². The van der Waals surface area contributed by atoms with Crippen LogP contribution in [0.5, 0.6) is 11.5 Å². The number of amides is 1. The van der Waals surface area contributed by atoms with Gasteiger partial charge in [0.05, 0.1) is 0 Å². The third-order valence-corrected chi connectivity index (χ3v) is 2.05. The first-order valence-corrected chi connectivity index (χ1v) is 4.33. The maximum atomic E-state index is 10.4. The molecule has 0 aliphatic carbocycles. The highest BCUT2D eigenvalue weighted by Crippen LogP contribution is 2.32. The minimum Gasteiger partial charge on any atom is -0.454 e. The lowest BCUT2D eigenvalue weighted by molar-refractivity contribution is -0.117. The summed E-state index contributed by atoms with van der Waals surface area (Å²) in [4.78, 5) is 12.0. The van der Waals surface area contributed by atoms with Gasteiger partial charge in [-0.25, -0.2) is 0 Å². The zero-order chi connectivity index (χ0) is 9.97. The quantitative estimate of drug-likeness (QED) is 0.672. The maximum Gasteiger partial charge on any atom is 0.231 e. The van der Waals surface area contributed by atoms with Crippen LogP contribution in [0.3, 0.4) is 0 Å². The molecule has 1 amide bonds. The van der Waals surface area contributed by atoms with Gasteiger partial charge in [0.2, 0.25) is 13.2 Å². The van der Waals surface area contributed by atoms with Gasteiger partial charge in [0, 0.05) is 13.6 Å². The summed E-state index contributed by atoms with van der Waals surface area (Å²) in [5, 5.41) is 0. The summed E-state index contributed by atoms with van der Waals surface area (Å²) in [5.74, 6) is 1.52. The summed E-state index contributed by atoms with van der Waals surface area (Å²) in [7, 11) is 1.73. The molecule has 0 bridgehead atoms. The van der Waals surface area contributed by atoms with Crippen molar-refractivity contribution in [2.45, 2.75) is 6.54 Å². The Morgan fingerprint density at radius 1 is 1.43 bits per heavy atom. The lowest BCUT2D eigenvalue weighted by Gasteiger charge is -2.10. The van der Waals surface area contributed by atoms with Crippen LogP contribution in [0, 0.1) is 0 Å². The van der Waals surface area contributed by atoms with Gasteiger partial charge in [0.1, 0.15) is 0 Å². The van der Waals surface area contributed by atoms with Crippen LogP contribution in [-0.4, -0.2) is 25.2 Å². The van der Waals surface area contributed by atoms with Gasteiger partial charge in [-0.15, -0.1) is 0 Å². The number of hydrogen-bond donors (Lipinski definition) is 0. The van der Waals surface area contributed by atoms with Crippen molar-refractivity contribution in [3.05, 3.63) is 23.8 Å². The van der Waals surface area contributed by atoms with Gasteiger partial charge in [0.25, 0.3) is 0 Å². The van der Waals surface area contributed by atoms with Crippen LogP contribution in [0.4, 0.5) is 0 Å². The van der Waals surface area contributed by atoms with E-state index in [2.05, 4.69) is 0 Å². The largest absolute Gasteiger partial charge is 0.454 e. The fourth-order valence-corrected chi connectivity index (χ4v) is 1.36. The molecule has 74 valence electrons. The van der Waals surface area contributed by atoms with Crippen molar-refractivity contribution in [1.82, 2.24) is 4.90 Å². The molecule has 0 atom stereocenters. The van der Waals surface area contributed by atoms with Gasteiger partial charge in [-0.2, -0.15) is 0 Å². The highest BCUT2D eigenvalue weighted by Gasteiger charge is 2.13. The van der Waals surface area contributed by atoms with Crippen molar-refractivity contribution in [2.75, 3.05) is 13.8 Å². The lowest BCUT2D eigenvalue weighted by Crippen LogP contribution is -2.14. The predicted molar refractivity (Wildman–Crippen MR) is 50.1 cm³/mol. The molecule has 1 aromatic rings. The van der Waals surface area contributed by atoms with E-state index in [1.165, 1.54) is 0 Å². The Bertz CT molecular complexity index is 351. The second kappa shape index (κ2) is 3.57. The number of carbonyl (C=O) groups excluding carboxylic acids is 1. The van der Waals surface area contributed by atoms with E-state index < -0.39 is 0 Å². The summed E-state index contributed by atoms with van der Waals surface area (Å²) < 4.78 is 10.4. The Morgan fingerprint density at radius 3 is 3.00 bits per heavy atom. The zero-order valence-corrected chi connectivity index (χ0v) is 7.90. The topological polar surface area (TPSA) is 38.8 Å². The molecule has 0 fully saturated rings. The van der Waals surface area contributed by atoms with Crippen LogP contribution in [0.2, 0.25) is 0 Å². The molecule has 14 heavy (non-hydrogen) atoms. The molecule has 0 spiro atoms. The van der Waals surface area contributed by atoms with E-state index in [1.54, 1.807) is 11.9 Å². The molecule has 0 saturated heterocycles. The van der Waals surface area contributed by atoms with Crippen molar-refractivity contribution < 1.29 is 14.3 Å². The van der Waals surface area contributed by atoms with Gasteiger partial charge >= 0.3 is 0 Å². The van der Waals surface area contributed by atoms with Gasteiger partial charge in [-0.05, 0) is 17.7 Å². The Morgan fingerprint density at radius 2 is 2.21 bits per heavy atom. The van der Waals surface area contributed by atoms with Crippen LogP contribution >= 0.6 is 0 Å². The molecule has 1 heterocycles. The van der Waals surface area contributed by atoms with Crippen LogP contribution < -0.4 is 9.47 Å². The number of fused-ring (bicyclic) bond motifs is 1. The number of nitrogens with zero attached hydrogens (tertiary/aromatic N) is 1. The first kappa shape index (κ1) is 8.87. The fraction of sp³-hybridized carbons (Fsp3) is 0.300. The summed E-state index contributed by atoms with van der Waals surface area (Å²) >= 11 is 0. The molecule has 1 aromatic carbocycles. The predicted octanol–water partition coefficient (Wildman–Crippen LogP) is 1.00. The lowest BCUT2D eigenvalue weighted by atomic mass is 10.2. The van der Waals surface area contributed by atoms with E-state index in [0.717, 1.165) is 23.5 Å². The number of benzene rings is 1. The van der Waals surface area contributed by atoms with E-state index in [1.807, 2.05) is 18.2 Å². The summed E-state index contributed by atoms with van der Waals surface area (Å²) in [6.07, 6.45) is 0.796. The number of hydrogen-bond acceptors (Lipinski definition) is 3. The SMILES string of the molecule is CN(C=O)Cc1ccc2c(c1)OCO2. The molecule has 1 aliphatic heterocycles. The third kappa shape index (κ3) is 1.64. The van der Waals surface area contributed by atoms with Gasteiger partial charge < -0.3 is 14.4 Å². The number of ether oxygens (including phenoxy) is 2. The molecule has 1 aliphatic rings. The first-order valence-electron chi connectivity index (χ1n) is 4.33. The third-order valence-electron chi connectivity index (χ3n) is 2.05. The first-order chi connectivity index (χ1) is 6.79. The number of rotatable bonds is 3. The molecule has 0 N–H and O–H groups in total. The van der Waals surface area contributed by atoms with E-state index >= 15 is 0 Å². The van der Waals surface area contributed by atoms with Crippen LogP contribution in [0.25, 0.3) is 0 Å². The Labute approximate surface area is 82.0 Å². The number of carbonyl (C=O) groups is 1. The fourth-order valence-electron chi connectivity index (χ4n) is 1.36. The Hall–Kier alpha value is -1.71. The highest BCUT2D eigenvalue weighted by atomic mass is 16.7. The average molecular weight is 193 g/mol. The molecule has 0 aromatic heterocycles. The van der Waals surface area contributed by atoms with Gasteiger partial charge in [-0.3, -0.25) is 4.79 Å². The highest BCUT2D eigenvalue weighted by molar-refractivity contribution is 5.48. The van der Waals surface area contributed by atoms with Crippen molar-refractivity contribution in [3.8, 4) is 11.5 Å². The molecule has 0 unspecified atom stereocenters. The van der Waals surface area contributed by atoms with Crippen molar-refractivity contribution in [2.24, 2.45) is 0 Å². The minimum atomic E-state index is 0.280. The van der Waals surface area contributed by atoms with E-state index in [0.29, 0.717) is 6.54 Å². The Balaban J connectivity index is 2.16.